The third-order valence-electron chi connectivity index (χ3n) is 3.69. The molecule has 104 valence electrons. The molecule has 1 aliphatic heterocycles. The van der Waals surface area contributed by atoms with E-state index in [1.165, 1.54) is 6.42 Å². The summed E-state index contributed by atoms with van der Waals surface area (Å²) in [4.78, 5) is 14.6. The zero-order chi connectivity index (χ0) is 14.0. The van der Waals surface area contributed by atoms with Crippen LogP contribution in [-0.4, -0.2) is 30.5 Å². The van der Waals surface area contributed by atoms with Crippen molar-refractivity contribution in [2.24, 2.45) is 0 Å². The Morgan fingerprint density at radius 1 is 1.42 bits per heavy atom. The molecule has 1 aliphatic rings. The van der Waals surface area contributed by atoms with Gasteiger partial charge in [0.25, 0.3) is 5.91 Å². The van der Waals surface area contributed by atoms with E-state index in [9.17, 15) is 4.79 Å². The van der Waals surface area contributed by atoms with Crippen molar-refractivity contribution in [3.05, 3.63) is 28.3 Å². The molecule has 1 amide bonds. The molecule has 0 bridgehead atoms. The van der Waals surface area contributed by atoms with Crippen LogP contribution < -0.4 is 4.74 Å². The maximum atomic E-state index is 12.7. The fourth-order valence-corrected chi connectivity index (χ4v) is 3.00. The van der Waals surface area contributed by atoms with Crippen LogP contribution in [-0.2, 0) is 0 Å². The summed E-state index contributed by atoms with van der Waals surface area (Å²) in [7, 11) is 1.55. The Kier molecular flexibility index (Phi) is 4.35. The molecular formula is C15H20ClNO2. The third kappa shape index (κ3) is 2.86. The number of likely N-dealkylation sites (tertiary alicyclic amines) is 1. The van der Waals surface area contributed by atoms with Crippen molar-refractivity contribution in [3.8, 4) is 5.75 Å². The van der Waals surface area contributed by atoms with Crippen molar-refractivity contribution >= 4 is 17.5 Å². The first kappa shape index (κ1) is 14.2. The Hall–Kier alpha value is -1.22. The summed E-state index contributed by atoms with van der Waals surface area (Å²) in [5, 5.41) is 0.496. The van der Waals surface area contributed by atoms with Crippen molar-refractivity contribution in [2.75, 3.05) is 13.7 Å². The monoisotopic (exact) mass is 281 g/mol. The van der Waals surface area contributed by atoms with E-state index < -0.39 is 0 Å². The van der Waals surface area contributed by atoms with Gasteiger partial charge in [0.15, 0.2) is 0 Å². The standard InChI is InChI=1S/C15H20ClNO2/c1-10-8-12(14(19-3)13(16)9-10)15(18)17-7-5-4-6-11(17)2/h8-9,11H,4-7H2,1-3H3/t11-/m0/s1. The van der Waals surface area contributed by atoms with E-state index in [1.807, 2.05) is 24.0 Å². The minimum absolute atomic E-state index is 0.0228. The second-order valence-corrected chi connectivity index (χ2v) is 5.58. The molecule has 0 radical (unpaired) electrons. The van der Waals surface area contributed by atoms with Crippen molar-refractivity contribution in [2.45, 2.75) is 39.2 Å². The number of piperidine rings is 1. The summed E-state index contributed by atoms with van der Waals surface area (Å²) in [6.07, 6.45) is 3.32. The van der Waals surface area contributed by atoms with E-state index in [4.69, 9.17) is 16.3 Å². The summed E-state index contributed by atoms with van der Waals surface area (Å²) in [5.41, 5.74) is 1.54. The molecule has 1 fully saturated rings. The molecule has 3 nitrogen and oxygen atoms in total. The Morgan fingerprint density at radius 2 is 2.16 bits per heavy atom. The number of carbonyl (C=O) groups is 1. The van der Waals surface area contributed by atoms with Crippen molar-refractivity contribution < 1.29 is 9.53 Å². The van der Waals surface area contributed by atoms with Gasteiger partial charge in [0.1, 0.15) is 5.75 Å². The number of carbonyl (C=O) groups excluding carboxylic acids is 1. The van der Waals surface area contributed by atoms with Gasteiger partial charge in [-0.25, -0.2) is 0 Å². The van der Waals surface area contributed by atoms with Gasteiger partial charge < -0.3 is 9.64 Å². The molecule has 0 N–H and O–H groups in total. The molecule has 0 unspecified atom stereocenters. The fraction of sp³-hybridized carbons (Fsp3) is 0.533. The lowest BCUT2D eigenvalue weighted by Crippen LogP contribution is -2.42. The fourth-order valence-electron chi connectivity index (χ4n) is 2.65. The lowest BCUT2D eigenvalue weighted by Gasteiger charge is -2.34. The Labute approximate surface area is 119 Å². The van der Waals surface area contributed by atoms with Crippen molar-refractivity contribution in [3.63, 3.8) is 0 Å². The lowest BCUT2D eigenvalue weighted by molar-refractivity contribution is 0.0632. The maximum absolute atomic E-state index is 12.7. The van der Waals surface area contributed by atoms with E-state index in [0.717, 1.165) is 24.9 Å². The van der Waals surface area contributed by atoms with Crippen LogP contribution >= 0.6 is 11.6 Å². The number of hydrogen-bond donors (Lipinski definition) is 0. The van der Waals surface area contributed by atoms with Crippen molar-refractivity contribution in [1.82, 2.24) is 4.90 Å². The second-order valence-electron chi connectivity index (χ2n) is 5.17. The average Bonchev–Trinajstić information content (AvgIpc) is 2.37. The van der Waals surface area contributed by atoms with Gasteiger partial charge in [-0.3, -0.25) is 4.79 Å². The molecule has 0 spiro atoms. The van der Waals surface area contributed by atoms with Gasteiger partial charge in [-0.2, -0.15) is 0 Å². The zero-order valence-corrected chi connectivity index (χ0v) is 12.5. The molecule has 0 saturated carbocycles. The first-order valence-corrected chi connectivity index (χ1v) is 7.07. The van der Waals surface area contributed by atoms with Gasteiger partial charge in [-0.15, -0.1) is 0 Å². The van der Waals surface area contributed by atoms with E-state index in [0.29, 0.717) is 16.3 Å². The summed E-state index contributed by atoms with van der Waals surface area (Å²) in [5.74, 6) is 0.504. The molecule has 1 saturated heterocycles. The van der Waals surface area contributed by atoms with Crippen LogP contribution in [0.15, 0.2) is 12.1 Å². The minimum atomic E-state index is 0.0228. The van der Waals surface area contributed by atoms with Crippen LogP contribution in [0.4, 0.5) is 0 Å². The van der Waals surface area contributed by atoms with E-state index in [2.05, 4.69) is 6.92 Å². The molecule has 0 aromatic heterocycles. The minimum Gasteiger partial charge on any atom is -0.494 e. The van der Waals surface area contributed by atoms with Crippen LogP contribution in [0, 0.1) is 6.92 Å². The quantitative estimate of drug-likeness (QED) is 0.828. The van der Waals surface area contributed by atoms with E-state index >= 15 is 0 Å². The Balaban J connectivity index is 2.37. The predicted molar refractivity (Wildman–Crippen MR) is 77.1 cm³/mol. The molecule has 4 heteroatoms. The molecular weight excluding hydrogens is 262 g/mol. The Morgan fingerprint density at radius 3 is 2.79 bits per heavy atom. The highest BCUT2D eigenvalue weighted by Gasteiger charge is 2.27. The van der Waals surface area contributed by atoms with Gasteiger partial charge in [0, 0.05) is 12.6 Å². The third-order valence-corrected chi connectivity index (χ3v) is 3.97. The second kappa shape index (κ2) is 5.83. The summed E-state index contributed by atoms with van der Waals surface area (Å²) in [6.45, 7) is 4.84. The molecule has 0 aliphatic carbocycles. The number of methoxy groups -OCH3 is 1. The number of amides is 1. The molecule has 2 rings (SSSR count). The molecule has 1 aromatic rings. The summed E-state index contributed by atoms with van der Waals surface area (Å²) >= 11 is 6.16. The smallest absolute Gasteiger partial charge is 0.257 e. The molecule has 1 heterocycles. The number of ether oxygens (including phenoxy) is 1. The number of benzene rings is 1. The van der Waals surface area contributed by atoms with Gasteiger partial charge in [-0.1, -0.05) is 11.6 Å². The summed E-state index contributed by atoms with van der Waals surface area (Å²) in [6, 6.07) is 3.95. The number of aryl methyl sites for hydroxylation is 1. The van der Waals surface area contributed by atoms with Gasteiger partial charge in [0.2, 0.25) is 0 Å². The van der Waals surface area contributed by atoms with E-state index in [-0.39, 0.29) is 11.9 Å². The highest BCUT2D eigenvalue weighted by atomic mass is 35.5. The highest BCUT2D eigenvalue weighted by molar-refractivity contribution is 6.32. The van der Waals surface area contributed by atoms with Gasteiger partial charge >= 0.3 is 0 Å². The SMILES string of the molecule is COc1c(Cl)cc(C)cc1C(=O)N1CCCC[C@@H]1C. The van der Waals surface area contributed by atoms with Crippen molar-refractivity contribution in [1.29, 1.82) is 0 Å². The largest absolute Gasteiger partial charge is 0.494 e. The van der Waals surface area contributed by atoms with Gasteiger partial charge in [0.05, 0.1) is 17.7 Å². The number of nitrogens with zero attached hydrogens (tertiary/aromatic N) is 1. The normalized spacial score (nSPS) is 19.4. The van der Waals surface area contributed by atoms with Crippen LogP contribution in [0.3, 0.4) is 0 Å². The average molecular weight is 282 g/mol. The van der Waals surface area contributed by atoms with Crippen LogP contribution in [0.2, 0.25) is 5.02 Å². The molecule has 1 atom stereocenters. The molecule has 1 aromatic carbocycles. The first-order chi connectivity index (χ1) is 9.04. The number of hydrogen-bond acceptors (Lipinski definition) is 2. The van der Waals surface area contributed by atoms with E-state index in [1.54, 1.807) is 7.11 Å². The Bertz CT molecular complexity index is 487. The van der Waals surface area contributed by atoms with Crippen LogP contribution in [0.25, 0.3) is 0 Å². The predicted octanol–water partition coefficient (Wildman–Crippen LogP) is 3.67. The molecule has 19 heavy (non-hydrogen) atoms. The number of rotatable bonds is 2. The zero-order valence-electron chi connectivity index (χ0n) is 11.7. The van der Waals surface area contributed by atoms with Crippen LogP contribution in [0.1, 0.15) is 42.1 Å². The highest BCUT2D eigenvalue weighted by Crippen LogP contribution is 2.32. The maximum Gasteiger partial charge on any atom is 0.257 e. The van der Waals surface area contributed by atoms with Crippen LogP contribution in [0.5, 0.6) is 5.75 Å². The topological polar surface area (TPSA) is 29.5 Å². The summed E-state index contributed by atoms with van der Waals surface area (Å²) < 4.78 is 5.30. The number of halogens is 1. The van der Waals surface area contributed by atoms with Gasteiger partial charge in [-0.05, 0) is 50.8 Å². The lowest BCUT2D eigenvalue weighted by atomic mass is 10.0. The first-order valence-electron chi connectivity index (χ1n) is 6.69.